The van der Waals surface area contributed by atoms with Crippen molar-refractivity contribution in [2.75, 3.05) is 36.9 Å². The fourth-order valence-corrected chi connectivity index (χ4v) is 3.10. The van der Waals surface area contributed by atoms with E-state index in [4.69, 9.17) is 0 Å². The van der Waals surface area contributed by atoms with E-state index in [0.29, 0.717) is 0 Å². The van der Waals surface area contributed by atoms with E-state index in [2.05, 4.69) is 48.4 Å². The number of rotatable bonds is 5. The predicted octanol–water partition coefficient (Wildman–Crippen LogP) is 2.02. The van der Waals surface area contributed by atoms with E-state index in [1.165, 1.54) is 0 Å². The monoisotopic (exact) mass is 355 g/mol. The van der Waals surface area contributed by atoms with Crippen molar-refractivity contribution in [2.24, 2.45) is 5.92 Å². The van der Waals surface area contributed by atoms with Gasteiger partial charge in [0.15, 0.2) is 0 Å². The molecule has 0 aliphatic carbocycles. The second-order valence-electron chi connectivity index (χ2n) is 5.16. The van der Waals surface area contributed by atoms with Gasteiger partial charge in [0.05, 0.1) is 0 Å². The van der Waals surface area contributed by atoms with Crippen LogP contribution in [-0.4, -0.2) is 42.6 Å². The summed E-state index contributed by atoms with van der Waals surface area (Å²) in [5.41, 5.74) is 0. The van der Waals surface area contributed by atoms with Crippen molar-refractivity contribution in [3.8, 4) is 0 Å². The third kappa shape index (κ3) is 3.84. The smallest absolute Gasteiger partial charge is 0.222 e. The van der Waals surface area contributed by atoms with Crippen LogP contribution in [0.4, 0.5) is 11.6 Å². The largest absolute Gasteiger partial charge is 0.369 e. The van der Waals surface area contributed by atoms with Crippen molar-refractivity contribution in [3.63, 3.8) is 0 Å². The highest BCUT2D eigenvalue weighted by Gasteiger charge is 2.26. The third-order valence-electron chi connectivity index (χ3n) is 3.73. The SMILES string of the molecule is CCCNc1ncnc(N2CCC(C(=O)NC)CC2)c1Br. The van der Waals surface area contributed by atoms with E-state index in [1.54, 1.807) is 13.4 Å². The summed E-state index contributed by atoms with van der Waals surface area (Å²) in [5.74, 6) is 1.99. The fourth-order valence-electron chi connectivity index (χ4n) is 2.51. The molecule has 1 saturated heterocycles. The summed E-state index contributed by atoms with van der Waals surface area (Å²) >= 11 is 3.60. The molecule has 0 saturated carbocycles. The molecular weight excluding hydrogens is 334 g/mol. The number of amides is 1. The Kier molecular flexibility index (Phi) is 5.78. The summed E-state index contributed by atoms with van der Waals surface area (Å²) in [5, 5.41) is 6.02. The van der Waals surface area contributed by atoms with Gasteiger partial charge in [-0.1, -0.05) is 6.92 Å². The van der Waals surface area contributed by atoms with E-state index in [-0.39, 0.29) is 11.8 Å². The Labute approximate surface area is 133 Å². The van der Waals surface area contributed by atoms with Crippen molar-refractivity contribution in [1.29, 1.82) is 0 Å². The molecule has 116 valence electrons. The second-order valence-corrected chi connectivity index (χ2v) is 5.96. The van der Waals surface area contributed by atoms with Gasteiger partial charge in [0.25, 0.3) is 0 Å². The molecule has 6 nitrogen and oxygen atoms in total. The zero-order valence-electron chi connectivity index (χ0n) is 12.5. The number of nitrogens with one attached hydrogen (secondary N) is 2. The van der Waals surface area contributed by atoms with Crippen molar-refractivity contribution >= 4 is 33.5 Å². The topological polar surface area (TPSA) is 70.2 Å². The fraction of sp³-hybridized carbons (Fsp3) is 0.643. The summed E-state index contributed by atoms with van der Waals surface area (Å²) in [7, 11) is 1.70. The summed E-state index contributed by atoms with van der Waals surface area (Å²) in [4.78, 5) is 22.5. The number of carbonyl (C=O) groups is 1. The molecule has 1 amide bonds. The normalized spacial score (nSPS) is 15.9. The zero-order chi connectivity index (χ0) is 15.2. The van der Waals surface area contributed by atoms with Crippen molar-refractivity contribution in [3.05, 3.63) is 10.8 Å². The molecule has 1 fully saturated rings. The standard InChI is InChI=1S/C14H22BrN5O/c1-3-6-17-12-11(15)13(19-9-18-12)20-7-4-10(5-8-20)14(21)16-2/h9-10H,3-8H2,1-2H3,(H,16,21)(H,17,18,19). The molecular formula is C14H22BrN5O. The molecule has 7 heteroatoms. The molecule has 0 bridgehead atoms. The average molecular weight is 356 g/mol. The Morgan fingerprint density at radius 2 is 2.14 bits per heavy atom. The van der Waals surface area contributed by atoms with Crippen LogP contribution in [-0.2, 0) is 4.79 Å². The Morgan fingerprint density at radius 3 is 2.76 bits per heavy atom. The van der Waals surface area contributed by atoms with Gasteiger partial charge in [0, 0.05) is 32.6 Å². The van der Waals surface area contributed by atoms with Crippen molar-refractivity contribution < 1.29 is 4.79 Å². The maximum absolute atomic E-state index is 11.7. The van der Waals surface area contributed by atoms with Crippen LogP contribution in [0.1, 0.15) is 26.2 Å². The Bertz CT molecular complexity index is 488. The highest BCUT2D eigenvalue weighted by Crippen LogP contribution is 2.32. The van der Waals surface area contributed by atoms with Crippen LogP contribution in [0.15, 0.2) is 10.8 Å². The molecule has 0 atom stereocenters. The molecule has 2 heterocycles. The number of halogens is 1. The Hall–Kier alpha value is -1.37. The minimum Gasteiger partial charge on any atom is -0.369 e. The highest BCUT2D eigenvalue weighted by molar-refractivity contribution is 9.10. The maximum atomic E-state index is 11.7. The summed E-state index contributed by atoms with van der Waals surface area (Å²) in [6, 6.07) is 0. The van der Waals surface area contributed by atoms with Gasteiger partial charge in [-0.2, -0.15) is 0 Å². The first-order valence-electron chi connectivity index (χ1n) is 7.38. The van der Waals surface area contributed by atoms with Gasteiger partial charge in [0.2, 0.25) is 5.91 Å². The molecule has 21 heavy (non-hydrogen) atoms. The van der Waals surface area contributed by atoms with Crippen LogP contribution in [0.5, 0.6) is 0 Å². The minimum atomic E-state index is 0.115. The summed E-state index contributed by atoms with van der Waals surface area (Å²) < 4.78 is 0.900. The van der Waals surface area contributed by atoms with Gasteiger partial charge in [-0.25, -0.2) is 9.97 Å². The second kappa shape index (κ2) is 7.59. The van der Waals surface area contributed by atoms with Gasteiger partial charge in [-0.15, -0.1) is 0 Å². The number of aromatic nitrogens is 2. The lowest BCUT2D eigenvalue weighted by Crippen LogP contribution is -2.40. The van der Waals surface area contributed by atoms with E-state index in [1.807, 2.05) is 0 Å². The lowest BCUT2D eigenvalue weighted by Gasteiger charge is -2.32. The molecule has 1 aromatic heterocycles. The molecule has 0 radical (unpaired) electrons. The van der Waals surface area contributed by atoms with E-state index >= 15 is 0 Å². The van der Waals surface area contributed by atoms with Gasteiger partial charge < -0.3 is 15.5 Å². The molecule has 0 unspecified atom stereocenters. The van der Waals surface area contributed by atoms with Crippen LogP contribution in [0.2, 0.25) is 0 Å². The first-order chi connectivity index (χ1) is 10.2. The number of piperidine rings is 1. The lowest BCUT2D eigenvalue weighted by atomic mass is 9.96. The van der Waals surface area contributed by atoms with Gasteiger partial charge in [0.1, 0.15) is 22.4 Å². The van der Waals surface area contributed by atoms with Crippen LogP contribution in [0.3, 0.4) is 0 Å². The lowest BCUT2D eigenvalue weighted by molar-refractivity contribution is -0.125. The molecule has 0 spiro atoms. The minimum absolute atomic E-state index is 0.115. The Morgan fingerprint density at radius 1 is 1.43 bits per heavy atom. The Balaban J connectivity index is 2.04. The van der Waals surface area contributed by atoms with E-state index < -0.39 is 0 Å². The van der Waals surface area contributed by atoms with Crippen LogP contribution < -0.4 is 15.5 Å². The van der Waals surface area contributed by atoms with Crippen molar-refractivity contribution in [2.45, 2.75) is 26.2 Å². The average Bonchev–Trinajstić information content (AvgIpc) is 2.53. The third-order valence-corrected chi connectivity index (χ3v) is 4.46. The zero-order valence-corrected chi connectivity index (χ0v) is 14.1. The number of nitrogens with zero attached hydrogens (tertiary/aromatic N) is 3. The van der Waals surface area contributed by atoms with E-state index in [0.717, 1.165) is 55.0 Å². The highest BCUT2D eigenvalue weighted by atomic mass is 79.9. The first kappa shape index (κ1) is 16.0. The molecule has 0 aromatic carbocycles. The molecule has 1 aromatic rings. The molecule has 1 aliphatic heterocycles. The number of hydrogen-bond donors (Lipinski definition) is 2. The molecule has 1 aliphatic rings. The first-order valence-corrected chi connectivity index (χ1v) is 8.17. The van der Waals surface area contributed by atoms with Gasteiger partial charge >= 0.3 is 0 Å². The summed E-state index contributed by atoms with van der Waals surface area (Å²) in [6.45, 7) is 4.67. The van der Waals surface area contributed by atoms with Crippen LogP contribution >= 0.6 is 15.9 Å². The van der Waals surface area contributed by atoms with Crippen LogP contribution in [0, 0.1) is 5.92 Å². The predicted molar refractivity (Wildman–Crippen MR) is 87.5 cm³/mol. The van der Waals surface area contributed by atoms with Crippen molar-refractivity contribution in [1.82, 2.24) is 15.3 Å². The van der Waals surface area contributed by atoms with Gasteiger partial charge in [-0.05, 0) is 35.2 Å². The van der Waals surface area contributed by atoms with Crippen LogP contribution in [0.25, 0.3) is 0 Å². The number of carbonyl (C=O) groups excluding carboxylic acids is 1. The molecule has 2 N–H and O–H groups in total. The molecule has 2 rings (SSSR count). The van der Waals surface area contributed by atoms with Gasteiger partial charge in [-0.3, -0.25) is 4.79 Å². The number of hydrogen-bond acceptors (Lipinski definition) is 5. The quantitative estimate of drug-likeness (QED) is 0.845. The van der Waals surface area contributed by atoms with E-state index in [9.17, 15) is 4.79 Å². The summed E-state index contributed by atoms with van der Waals surface area (Å²) in [6.07, 6.45) is 4.34. The maximum Gasteiger partial charge on any atom is 0.222 e. The number of anilines is 2.